The first kappa shape index (κ1) is 28.9. The number of carboxylic acid groups (broad SMARTS) is 1. The third-order valence-electron chi connectivity index (χ3n) is 9.00. The van der Waals surface area contributed by atoms with Crippen molar-refractivity contribution < 1.29 is 28.6 Å². The number of Topliss-reactive ketones (excluding diaryl/α,β-unsaturated/α-hetero) is 1. The van der Waals surface area contributed by atoms with E-state index in [1.165, 1.54) is 4.90 Å². The van der Waals surface area contributed by atoms with Gasteiger partial charge in [-0.1, -0.05) is 55.1 Å². The smallest absolute Gasteiger partial charge is 0.330 e. The molecule has 8 heteroatoms. The lowest BCUT2D eigenvalue weighted by Gasteiger charge is -2.40. The first-order chi connectivity index (χ1) is 19.6. The zero-order valence-electron chi connectivity index (χ0n) is 23.9. The highest BCUT2D eigenvalue weighted by Crippen LogP contribution is 2.57. The summed E-state index contributed by atoms with van der Waals surface area (Å²) in [4.78, 5) is 44.1. The molecule has 5 rings (SSSR count). The van der Waals surface area contributed by atoms with Crippen molar-refractivity contribution in [2.75, 3.05) is 7.11 Å². The van der Waals surface area contributed by atoms with Gasteiger partial charge in [-0.15, -0.1) is 0 Å². The van der Waals surface area contributed by atoms with Crippen LogP contribution in [0, 0.1) is 25.7 Å². The van der Waals surface area contributed by atoms with Crippen LogP contribution in [0.4, 0.5) is 0 Å². The van der Waals surface area contributed by atoms with Gasteiger partial charge in [0.15, 0.2) is 5.78 Å². The van der Waals surface area contributed by atoms with Crippen LogP contribution in [-0.4, -0.2) is 40.3 Å². The van der Waals surface area contributed by atoms with Crippen LogP contribution < -0.4 is 4.74 Å². The van der Waals surface area contributed by atoms with Crippen molar-refractivity contribution in [1.82, 2.24) is 4.90 Å². The van der Waals surface area contributed by atoms with Crippen molar-refractivity contribution in [1.29, 1.82) is 0 Å². The first-order valence-electron chi connectivity index (χ1n) is 14.1. The molecule has 1 aromatic heterocycles. The molecule has 2 heterocycles. The summed E-state index contributed by atoms with van der Waals surface area (Å²) in [6.45, 7) is 5.10. The van der Waals surface area contributed by atoms with E-state index in [4.69, 9.17) is 20.8 Å². The van der Waals surface area contributed by atoms with Crippen molar-refractivity contribution in [3.63, 3.8) is 0 Å². The molecule has 1 saturated carbocycles. The maximum absolute atomic E-state index is 14.7. The van der Waals surface area contributed by atoms with Gasteiger partial charge in [-0.05, 0) is 75.1 Å². The Hall–Kier alpha value is -3.58. The molecule has 1 N–H and O–H groups in total. The van der Waals surface area contributed by atoms with E-state index in [0.717, 1.165) is 19.3 Å². The SMILES string of the molecule is COc1ccc(C2C(C(=O)c3cc(C)oc3C)C(c3ccc(Cl)cc3)N(C(=O)C3CCCCC3)C2(C)C(=O)O)cc1. The third kappa shape index (κ3) is 5.05. The zero-order chi connectivity index (χ0) is 29.5. The summed E-state index contributed by atoms with van der Waals surface area (Å²) >= 11 is 6.25. The highest BCUT2D eigenvalue weighted by atomic mass is 35.5. The summed E-state index contributed by atoms with van der Waals surface area (Å²) in [6.07, 6.45) is 4.28. The van der Waals surface area contributed by atoms with Crippen LogP contribution in [0.5, 0.6) is 5.75 Å². The molecule has 1 amide bonds. The lowest BCUT2D eigenvalue weighted by atomic mass is 9.71. The molecular formula is C33H36ClNO6. The van der Waals surface area contributed by atoms with Crippen LogP contribution in [0.25, 0.3) is 0 Å². The number of benzene rings is 2. The standard InChI is InChI=1S/C33H36ClNO6/c1-19-18-26(20(2)41-19)30(36)27-28(21-12-16-25(40-4)17-13-21)33(3,32(38)39)35(31(37)23-8-6-5-7-9-23)29(27)22-10-14-24(34)15-11-22/h10-18,23,27-29H,5-9H2,1-4H3,(H,38,39). The number of nitrogens with zero attached hydrogens (tertiary/aromatic N) is 1. The van der Waals surface area contributed by atoms with Crippen LogP contribution in [-0.2, 0) is 9.59 Å². The fraction of sp³-hybridized carbons (Fsp3) is 0.424. The number of ether oxygens (including phenoxy) is 1. The number of methoxy groups -OCH3 is 1. The molecule has 4 atom stereocenters. The van der Waals surface area contributed by atoms with Crippen molar-refractivity contribution in [2.45, 2.75) is 70.4 Å². The molecule has 2 aliphatic rings. The predicted molar refractivity (Wildman–Crippen MR) is 155 cm³/mol. The number of aryl methyl sites for hydroxylation is 2. The summed E-state index contributed by atoms with van der Waals surface area (Å²) in [5, 5.41) is 11.5. The van der Waals surface area contributed by atoms with Gasteiger partial charge in [-0.3, -0.25) is 9.59 Å². The summed E-state index contributed by atoms with van der Waals surface area (Å²) in [5.41, 5.74) is -0.0202. The average Bonchev–Trinajstić information content (AvgIpc) is 3.46. The number of aliphatic carboxylic acids is 1. The Balaban J connectivity index is 1.79. The maximum atomic E-state index is 14.7. The molecule has 4 unspecified atom stereocenters. The fourth-order valence-corrected chi connectivity index (χ4v) is 7.11. The number of furan rings is 1. The van der Waals surface area contributed by atoms with E-state index in [1.807, 2.05) is 0 Å². The second kappa shape index (κ2) is 11.4. The van der Waals surface area contributed by atoms with Gasteiger partial charge in [0.25, 0.3) is 0 Å². The molecule has 0 bridgehead atoms. The topological polar surface area (TPSA) is 97.0 Å². The number of carbonyl (C=O) groups is 3. The van der Waals surface area contributed by atoms with Gasteiger partial charge in [0.1, 0.15) is 22.8 Å². The van der Waals surface area contributed by atoms with E-state index in [-0.39, 0.29) is 17.6 Å². The summed E-state index contributed by atoms with van der Waals surface area (Å²) in [6, 6.07) is 15.0. The van der Waals surface area contributed by atoms with Gasteiger partial charge in [0.05, 0.1) is 24.6 Å². The van der Waals surface area contributed by atoms with Gasteiger partial charge < -0.3 is 19.2 Å². The van der Waals surface area contributed by atoms with E-state index in [9.17, 15) is 19.5 Å². The Bertz CT molecular complexity index is 1440. The minimum Gasteiger partial charge on any atom is -0.497 e. The molecule has 7 nitrogen and oxygen atoms in total. The number of hydrogen-bond acceptors (Lipinski definition) is 5. The highest BCUT2D eigenvalue weighted by Gasteiger charge is 2.65. The number of carboxylic acids is 1. The second-order valence-electron chi connectivity index (χ2n) is 11.5. The Morgan fingerprint density at radius 1 is 0.976 bits per heavy atom. The molecule has 0 radical (unpaired) electrons. The predicted octanol–water partition coefficient (Wildman–Crippen LogP) is 7.15. The van der Waals surface area contributed by atoms with Gasteiger partial charge in [0.2, 0.25) is 5.91 Å². The Kier molecular flexibility index (Phi) is 8.02. The molecule has 2 aromatic carbocycles. The summed E-state index contributed by atoms with van der Waals surface area (Å²) < 4.78 is 11.1. The van der Waals surface area contributed by atoms with Gasteiger partial charge in [-0.2, -0.15) is 0 Å². The van der Waals surface area contributed by atoms with Crippen LogP contribution in [0.2, 0.25) is 5.02 Å². The molecule has 1 aliphatic heterocycles. The molecule has 3 aromatic rings. The normalized spacial score (nSPS) is 24.8. The highest BCUT2D eigenvalue weighted by molar-refractivity contribution is 6.30. The number of halogens is 1. The Morgan fingerprint density at radius 2 is 1.59 bits per heavy atom. The lowest BCUT2D eigenvalue weighted by molar-refractivity contribution is -0.160. The summed E-state index contributed by atoms with van der Waals surface area (Å²) in [7, 11) is 1.56. The molecule has 0 spiro atoms. The molecule has 2 fully saturated rings. The number of ketones is 1. The molecule has 1 saturated heterocycles. The van der Waals surface area contributed by atoms with Crippen LogP contribution >= 0.6 is 11.6 Å². The van der Waals surface area contributed by atoms with Gasteiger partial charge in [0, 0.05) is 16.9 Å². The number of amides is 1. The van der Waals surface area contributed by atoms with E-state index in [2.05, 4.69) is 0 Å². The quantitative estimate of drug-likeness (QED) is 0.300. The van der Waals surface area contributed by atoms with Crippen molar-refractivity contribution in [2.24, 2.45) is 11.8 Å². The third-order valence-corrected chi connectivity index (χ3v) is 9.26. The van der Waals surface area contributed by atoms with Crippen molar-refractivity contribution in [3.05, 3.63) is 87.8 Å². The average molecular weight is 578 g/mol. The van der Waals surface area contributed by atoms with Gasteiger partial charge >= 0.3 is 5.97 Å². The van der Waals surface area contributed by atoms with Crippen molar-refractivity contribution >= 4 is 29.3 Å². The Morgan fingerprint density at radius 3 is 2.12 bits per heavy atom. The van der Waals surface area contributed by atoms with Gasteiger partial charge in [-0.25, -0.2) is 4.79 Å². The number of carbonyl (C=O) groups excluding carboxylic acids is 2. The van der Waals surface area contributed by atoms with Crippen LogP contribution in [0.1, 0.15) is 84.0 Å². The lowest BCUT2D eigenvalue weighted by Crippen LogP contribution is -2.55. The monoisotopic (exact) mass is 577 g/mol. The Labute approximate surface area is 245 Å². The number of likely N-dealkylation sites (tertiary alicyclic amines) is 1. The minimum atomic E-state index is -1.72. The molecular weight excluding hydrogens is 542 g/mol. The summed E-state index contributed by atoms with van der Waals surface area (Å²) in [5.74, 6) is -2.05. The van der Waals surface area contributed by atoms with E-state index in [0.29, 0.717) is 51.8 Å². The van der Waals surface area contributed by atoms with E-state index >= 15 is 0 Å². The molecule has 41 heavy (non-hydrogen) atoms. The number of rotatable bonds is 7. The zero-order valence-corrected chi connectivity index (χ0v) is 24.6. The molecule has 1 aliphatic carbocycles. The van der Waals surface area contributed by atoms with Crippen molar-refractivity contribution in [3.8, 4) is 5.75 Å². The molecule has 216 valence electrons. The maximum Gasteiger partial charge on any atom is 0.330 e. The number of hydrogen-bond donors (Lipinski definition) is 1. The van der Waals surface area contributed by atoms with Crippen LogP contribution in [0.15, 0.2) is 59.0 Å². The second-order valence-corrected chi connectivity index (χ2v) is 11.9. The largest absolute Gasteiger partial charge is 0.497 e. The van der Waals surface area contributed by atoms with E-state index in [1.54, 1.807) is 82.5 Å². The minimum absolute atomic E-state index is 0.219. The van der Waals surface area contributed by atoms with E-state index < -0.39 is 29.4 Å². The van der Waals surface area contributed by atoms with Crippen LogP contribution in [0.3, 0.4) is 0 Å². The fourth-order valence-electron chi connectivity index (χ4n) is 6.99. The first-order valence-corrected chi connectivity index (χ1v) is 14.5.